The van der Waals surface area contributed by atoms with E-state index in [0.717, 1.165) is 22.9 Å². The lowest BCUT2D eigenvalue weighted by atomic mass is 10.1. The summed E-state index contributed by atoms with van der Waals surface area (Å²) in [4.78, 5) is 12.0. The number of aryl methyl sites for hydroxylation is 1. The van der Waals surface area contributed by atoms with Crippen molar-refractivity contribution < 1.29 is 4.79 Å². The van der Waals surface area contributed by atoms with Gasteiger partial charge in [-0.25, -0.2) is 0 Å². The van der Waals surface area contributed by atoms with Crippen LogP contribution in [0, 0.1) is 0 Å². The fourth-order valence-electron chi connectivity index (χ4n) is 2.55. The largest absolute Gasteiger partial charge is 0.356 e. The molecule has 0 bridgehead atoms. The van der Waals surface area contributed by atoms with Crippen LogP contribution in [0.15, 0.2) is 48.5 Å². The molecule has 2 aromatic carbocycles. The Hall–Kier alpha value is -2.04. The minimum atomic E-state index is -0.000308. The number of carbonyl (C=O) groups excluding carboxylic acids is 1. The van der Waals surface area contributed by atoms with Crippen LogP contribution in [0.3, 0.4) is 0 Å². The van der Waals surface area contributed by atoms with Crippen LogP contribution >= 0.6 is 23.2 Å². The number of nitrogens with one attached hydrogen (secondary N) is 1. The number of para-hydroxylation sites is 1. The highest BCUT2D eigenvalue weighted by atomic mass is 35.5. The van der Waals surface area contributed by atoms with E-state index in [-0.39, 0.29) is 5.91 Å². The number of fused-ring (bicyclic) bond motifs is 1. The minimum absolute atomic E-state index is 0.000308. The van der Waals surface area contributed by atoms with Crippen molar-refractivity contribution in [1.29, 1.82) is 0 Å². The molecular weight excluding hydrogens is 345 g/mol. The van der Waals surface area contributed by atoms with Crippen LogP contribution in [0.1, 0.15) is 12.0 Å². The highest BCUT2D eigenvalue weighted by molar-refractivity contribution is 6.34. The molecule has 4 nitrogen and oxygen atoms in total. The summed E-state index contributed by atoms with van der Waals surface area (Å²) in [6, 6.07) is 15.4. The second-order valence-corrected chi connectivity index (χ2v) is 6.30. The molecule has 0 aliphatic heterocycles. The second-order valence-electron chi connectivity index (χ2n) is 5.51. The Balaban J connectivity index is 1.49. The van der Waals surface area contributed by atoms with Crippen molar-refractivity contribution in [3.8, 4) is 0 Å². The van der Waals surface area contributed by atoms with E-state index >= 15 is 0 Å². The van der Waals surface area contributed by atoms with Gasteiger partial charge in [-0.2, -0.15) is 5.10 Å². The van der Waals surface area contributed by atoms with Crippen molar-refractivity contribution in [1.82, 2.24) is 15.1 Å². The van der Waals surface area contributed by atoms with Crippen LogP contribution in [0.5, 0.6) is 0 Å². The first kappa shape index (κ1) is 16.8. The van der Waals surface area contributed by atoms with Gasteiger partial charge in [-0.15, -0.1) is 0 Å². The lowest BCUT2D eigenvalue weighted by Crippen LogP contribution is -2.26. The zero-order valence-corrected chi connectivity index (χ0v) is 14.5. The van der Waals surface area contributed by atoms with Crippen molar-refractivity contribution in [2.45, 2.75) is 19.4 Å². The maximum Gasteiger partial charge on any atom is 0.221 e. The summed E-state index contributed by atoms with van der Waals surface area (Å²) in [5, 5.41) is 9.30. The van der Waals surface area contributed by atoms with Crippen molar-refractivity contribution >= 4 is 40.0 Å². The molecule has 1 aromatic heterocycles. The first-order valence-electron chi connectivity index (χ1n) is 7.75. The standard InChI is InChI=1S/C18H17Cl2N3O/c19-14-7-5-13(6-8-14)9-11-21-17(24)10-12-23-16-4-2-1-3-15(16)18(20)22-23/h1-8H,9-12H2,(H,21,24). The fraction of sp³-hybridized carbons (Fsp3) is 0.222. The van der Waals surface area contributed by atoms with E-state index in [1.54, 1.807) is 4.68 Å². The van der Waals surface area contributed by atoms with Gasteiger partial charge in [0.05, 0.1) is 12.1 Å². The molecule has 0 aliphatic rings. The van der Waals surface area contributed by atoms with Gasteiger partial charge in [0, 0.05) is 23.4 Å². The molecule has 1 amide bonds. The van der Waals surface area contributed by atoms with Crippen LogP contribution in [0.2, 0.25) is 10.2 Å². The van der Waals surface area contributed by atoms with Gasteiger partial charge in [0.15, 0.2) is 5.15 Å². The molecule has 0 radical (unpaired) electrons. The number of benzene rings is 2. The molecular formula is C18H17Cl2N3O. The summed E-state index contributed by atoms with van der Waals surface area (Å²) in [5.41, 5.74) is 2.08. The topological polar surface area (TPSA) is 46.9 Å². The Morgan fingerprint density at radius 1 is 1.08 bits per heavy atom. The van der Waals surface area contributed by atoms with Crippen LogP contribution in [0.4, 0.5) is 0 Å². The smallest absolute Gasteiger partial charge is 0.221 e. The third-order valence-corrected chi connectivity index (χ3v) is 4.34. The predicted molar refractivity (Wildman–Crippen MR) is 97.5 cm³/mol. The van der Waals surface area contributed by atoms with Gasteiger partial charge < -0.3 is 5.32 Å². The predicted octanol–water partition coefficient (Wildman–Crippen LogP) is 4.09. The number of nitrogens with zero attached hydrogens (tertiary/aromatic N) is 2. The molecule has 24 heavy (non-hydrogen) atoms. The van der Waals surface area contributed by atoms with E-state index in [9.17, 15) is 4.79 Å². The normalized spacial score (nSPS) is 10.9. The summed E-state index contributed by atoms with van der Waals surface area (Å²) in [6.45, 7) is 1.10. The number of halogens is 2. The van der Waals surface area contributed by atoms with E-state index in [1.807, 2.05) is 48.5 Å². The van der Waals surface area contributed by atoms with Gasteiger partial charge in [0.25, 0.3) is 0 Å². The minimum Gasteiger partial charge on any atom is -0.356 e. The molecule has 1 heterocycles. The van der Waals surface area contributed by atoms with Crippen LogP contribution in [-0.4, -0.2) is 22.2 Å². The van der Waals surface area contributed by atoms with Crippen molar-refractivity contribution in [3.63, 3.8) is 0 Å². The highest BCUT2D eigenvalue weighted by Crippen LogP contribution is 2.22. The first-order valence-corrected chi connectivity index (χ1v) is 8.51. The zero-order valence-electron chi connectivity index (χ0n) is 13.0. The van der Waals surface area contributed by atoms with Crippen molar-refractivity contribution in [3.05, 3.63) is 64.3 Å². The molecule has 3 rings (SSSR count). The number of rotatable bonds is 6. The Morgan fingerprint density at radius 2 is 1.83 bits per heavy atom. The zero-order chi connectivity index (χ0) is 16.9. The van der Waals surface area contributed by atoms with Gasteiger partial charge >= 0.3 is 0 Å². The number of aromatic nitrogens is 2. The van der Waals surface area contributed by atoms with Gasteiger partial charge in [0.1, 0.15) is 0 Å². The quantitative estimate of drug-likeness (QED) is 0.718. The number of hydrogen-bond acceptors (Lipinski definition) is 2. The van der Waals surface area contributed by atoms with Crippen molar-refractivity contribution in [2.75, 3.05) is 6.54 Å². The molecule has 0 aliphatic carbocycles. The number of hydrogen-bond donors (Lipinski definition) is 1. The third kappa shape index (κ3) is 4.08. The Kier molecular flexibility index (Phi) is 5.38. The Bertz CT molecular complexity index is 843. The molecule has 1 N–H and O–H groups in total. The Labute approximate surface area is 150 Å². The maximum atomic E-state index is 12.0. The Morgan fingerprint density at radius 3 is 2.62 bits per heavy atom. The summed E-state index contributed by atoms with van der Waals surface area (Å²) < 4.78 is 1.77. The SMILES string of the molecule is O=C(CCn1nc(Cl)c2ccccc21)NCCc1ccc(Cl)cc1. The van der Waals surface area contributed by atoms with E-state index in [1.165, 1.54) is 0 Å². The summed E-state index contributed by atoms with van der Waals surface area (Å²) in [6.07, 6.45) is 1.14. The summed E-state index contributed by atoms with van der Waals surface area (Å²) in [5.74, 6) is -0.000308. The third-order valence-electron chi connectivity index (χ3n) is 3.81. The van der Waals surface area contributed by atoms with Gasteiger partial charge in [0.2, 0.25) is 5.91 Å². The fourth-order valence-corrected chi connectivity index (χ4v) is 2.93. The molecule has 0 fully saturated rings. The lowest BCUT2D eigenvalue weighted by Gasteiger charge is -2.06. The molecule has 0 spiro atoms. The van der Waals surface area contributed by atoms with Gasteiger partial charge in [-0.05, 0) is 36.2 Å². The van der Waals surface area contributed by atoms with Gasteiger partial charge in [-0.3, -0.25) is 9.48 Å². The molecule has 0 atom stereocenters. The molecule has 0 saturated heterocycles. The summed E-state index contributed by atoms with van der Waals surface area (Å²) >= 11 is 12.0. The van der Waals surface area contributed by atoms with Crippen LogP contribution in [0.25, 0.3) is 10.9 Å². The monoisotopic (exact) mass is 361 g/mol. The molecule has 124 valence electrons. The number of amides is 1. The molecule has 0 unspecified atom stereocenters. The average molecular weight is 362 g/mol. The maximum absolute atomic E-state index is 12.0. The van der Waals surface area contributed by atoms with E-state index in [2.05, 4.69) is 10.4 Å². The average Bonchev–Trinajstić information content (AvgIpc) is 2.91. The van der Waals surface area contributed by atoms with Crippen molar-refractivity contribution in [2.24, 2.45) is 0 Å². The molecule has 0 saturated carbocycles. The summed E-state index contributed by atoms with van der Waals surface area (Å²) in [7, 11) is 0. The van der Waals surface area contributed by atoms with E-state index in [4.69, 9.17) is 23.2 Å². The van der Waals surface area contributed by atoms with E-state index < -0.39 is 0 Å². The van der Waals surface area contributed by atoms with Gasteiger partial charge in [-0.1, -0.05) is 47.5 Å². The molecule has 6 heteroatoms. The van der Waals surface area contributed by atoms with E-state index in [0.29, 0.717) is 29.7 Å². The second kappa shape index (κ2) is 7.69. The van der Waals surface area contributed by atoms with Crippen LogP contribution in [-0.2, 0) is 17.8 Å². The lowest BCUT2D eigenvalue weighted by molar-refractivity contribution is -0.121. The van der Waals surface area contributed by atoms with Crippen LogP contribution < -0.4 is 5.32 Å². The highest BCUT2D eigenvalue weighted by Gasteiger charge is 2.09. The molecule has 3 aromatic rings. The number of carbonyl (C=O) groups is 1. The first-order chi connectivity index (χ1) is 11.6.